The number of benzene rings is 1. The molecule has 1 N–H and O–H groups in total. The van der Waals surface area contributed by atoms with E-state index in [1.807, 2.05) is 24.3 Å². The first-order chi connectivity index (χ1) is 9.86. The zero-order valence-electron chi connectivity index (χ0n) is 12.7. The van der Waals surface area contributed by atoms with Crippen LogP contribution in [-0.4, -0.2) is 48.2 Å². The molecule has 6 nitrogen and oxygen atoms in total. The lowest BCUT2D eigenvalue weighted by molar-refractivity contribution is -0.153. The van der Waals surface area contributed by atoms with Crippen molar-refractivity contribution in [2.45, 2.75) is 32.6 Å². The molecule has 0 heterocycles. The molecule has 21 heavy (non-hydrogen) atoms. The highest BCUT2D eigenvalue weighted by Crippen LogP contribution is 2.14. The van der Waals surface area contributed by atoms with Gasteiger partial charge < -0.3 is 19.5 Å². The van der Waals surface area contributed by atoms with Crippen molar-refractivity contribution in [1.82, 2.24) is 4.90 Å². The summed E-state index contributed by atoms with van der Waals surface area (Å²) >= 11 is 0. The van der Waals surface area contributed by atoms with Crippen LogP contribution in [0.2, 0.25) is 0 Å². The van der Waals surface area contributed by atoms with Crippen molar-refractivity contribution in [1.29, 1.82) is 0 Å². The van der Waals surface area contributed by atoms with Gasteiger partial charge in [-0.3, -0.25) is 4.79 Å². The molecule has 2 unspecified atom stereocenters. The predicted molar refractivity (Wildman–Crippen MR) is 77.1 cm³/mol. The molecule has 0 bridgehead atoms. The summed E-state index contributed by atoms with van der Waals surface area (Å²) in [6.45, 7) is 3.31. The van der Waals surface area contributed by atoms with Crippen molar-refractivity contribution in [3.8, 4) is 5.75 Å². The van der Waals surface area contributed by atoms with Crippen molar-refractivity contribution >= 4 is 11.9 Å². The second kappa shape index (κ2) is 7.64. The molecule has 0 spiro atoms. The van der Waals surface area contributed by atoms with Gasteiger partial charge >= 0.3 is 5.97 Å². The Hall–Kier alpha value is -2.08. The number of nitrogens with zero attached hydrogens (tertiary/aromatic N) is 1. The van der Waals surface area contributed by atoms with E-state index in [-0.39, 0.29) is 12.5 Å². The van der Waals surface area contributed by atoms with E-state index in [1.54, 1.807) is 14.0 Å². The van der Waals surface area contributed by atoms with E-state index in [2.05, 4.69) is 0 Å². The monoisotopic (exact) mass is 295 g/mol. The van der Waals surface area contributed by atoms with Crippen LogP contribution < -0.4 is 4.74 Å². The minimum absolute atomic E-state index is 0.249. The Morgan fingerprint density at radius 1 is 1.33 bits per heavy atom. The predicted octanol–water partition coefficient (Wildman–Crippen LogP) is 1.53. The molecule has 0 aliphatic rings. The van der Waals surface area contributed by atoms with Crippen molar-refractivity contribution in [3.63, 3.8) is 0 Å². The van der Waals surface area contributed by atoms with Crippen molar-refractivity contribution in [3.05, 3.63) is 29.8 Å². The van der Waals surface area contributed by atoms with Gasteiger partial charge in [-0.25, -0.2) is 4.79 Å². The van der Waals surface area contributed by atoms with Crippen LogP contribution in [0.15, 0.2) is 24.3 Å². The molecule has 0 aliphatic heterocycles. The summed E-state index contributed by atoms with van der Waals surface area (Å²) in [7, 11) is 3.03. The number of carboxylic acids is 1. The van der Waals surface area contributed by atoms with Crippen LogP contribution in [0.3, 0.4) is 0 Å². The number of hydrogen-bond acceptors (Lipinski definition) is 4. The average molecular weight is 295 g/mol. The summed E-state index contributed by atoms with van der Waals surface area (Å²) in [4.78, 5) is 24.1. The second-order valence-corrected chi connectivity index (χ2v) is 4.77. The lowest BCUT2D eigenvalue weighted by Crippen LogP contribution is -2.45. The van der Waals surface area contributed by atoms with E-state index in [0.717, 1.165) is 5.56 Å². The highest BCUT2D eigenvalue weighted by molar-refractivity contribution is 5.85. The van der Waals surface area contributed by atoms with E-state index in [9.17, 15) is 9.59 Å². The fourth-order valence-corrected chi connectivity index (χ4v) is 1.70. The average Bonchev–Trinajstić information content (AvgIpc) is 2.50. The van der Waals surface area contributed by atoms with Gasteiger partial charge in [-0.15, -0.1) is 0 Å². The summed E-state index contributed by atoms with van der Waals surface area (Å²) in [6, 6.07) is 6.45. The maximum absolute atomic E-state index is 12.0. The minimum atomic E-state index is -1.05. The minimum Gasteiger partial charge on any atom is -0.497 e. The summed E-state index contributed by atoms with van der Waals surface area (Å²) in [6.07, 6.45) is -0.719. The molecule has 116 valence electrons. The van der Waals surface area contributed by atoms with Gasteiger partial charge in [-0.2, -0.15) is 0 Å². The first-order valence-corrected chi connectivity index (χ1v) is 6.60. The highest BCUT2D eigenvalue weighted by Gasteiger charge is 2.26. The number of methoxy groups -OCH3 is 1. The van der Waals surface area contributed by atoms with Crippen LogP contribution in [-0.2, 0) is 20.9 Å². The van der Waals surface area contributed by atoms with Crippen LogP contribution in [0.1, 0.15) is 19.4 Å². The van der Waals surface area contributed by atoms with Gasteiger partial charge in [0, 0.05) is 7.05 Å². The smallest absolute Gasteiger partial charge is 0.326 e. The standard InChI is InChI=1S/C15H21NO5/c1-10(15(18)19)16(3)14(17)11(2)21-9-12-6-5-7-13(8-12)20-4/h5-8,10-11H,9H2,1-4H3,(H,18,19). The summed E-state index contributed by atoms with van der Waals surface area (Å²) in [5.41, 5.74) is 0.878. The summed E-state index contributed by atoms with van der Waals surface area (Å²) < 4.78 is 10.6. The number of likely N-dealkylation sites (N-methyl/N-ethyl adjacent to an activating group) is 1. The number of carbonyl (C=O) groups is 2. The van der Waals surface area contributed by atoms with Crippen LogP contribution in [0.5, 0.6) is 5.75 Å². The number of ether oxygens (including phenoxy) is 2. The molecule has 0 aromatic heterocycles. The third kappa shape index (κ3) is 4.75. The maximum atomic E-state index is 12.0. The molecule has 0 aliphatic carbocycles. The summed E-state index contributed by atoms with van der Waals surface area (Å²) in [5.74, 6) is -0.703. The topological polar surface area (TPSA) is 76.1 Å². The van der Waals surface area contributed by atoms with Gasteiger partial charge in [0.15, 0.2) is 0 Å². The lowest BCUT2D eigenvalue weighted by Gasteiger charge is -2.24. The molecule has 0 radical (unpaired) electrons. The molecular weight excluding hydrogens is 274 g/mol. The van der Waals surface area contributed by atoms with E-state index in [1.165, 1.54) is 18.9 Å². The SMILES string of the molecule is COc1cccc(COC(C)C(=O)N(C)C(C)C(=O)O)c1. The summed E-state index contributed by atoms with van der Waals surface area (Å²) in [5, 5.41) is 8.90. The Morgan fingerprint density at radius 2 is 2.00 bits per heavy atom. The lowest BCUT2D eigenvalue weighted by atomic mass is 10.2. The molecule has 0 saturated heterocycles. The molecule has 6 heteroatoms. The van der Waals surface area contributed by atoms with E-state index >= 15 is 0 Å². The molecule has 1 rings (SSSR count). The fourth-order valence-electron chi connectivity index (χ4n) is 1.70. The Bertz CT molecular complexity index is 503. The Kier molecular flexibility index (Phi) is 6.17. The van der Waals surface area contributed by atoms with Crippen LogP contribution >= 0.6 is 0 Å². The highest BCUT2D eigenvalue weighted by atomic mass is 16.5. The molecule has 1 aromatic carbocycles. The van der Waals surface area contributed by atoms with E-state index in [4.69, 9.17) is 14.6 Å². The van der Waals surface area contributed by atoms with Gasteiger partial charge in [0.25, 0.3) is 5.91 Å². The Balaban J connectivity index is 2.58. The number of amides is 1. The van der Waals surface area contributed by atoms with Crippen molar-refractivity contribution in [2.24, 2.45) is 0 Å². The Morgan fingerprint density at radius 3 is 2.57 bits per heavy atom. The maximum Gasteiger partial charge on any atom is 0.326 e. The zero-order valence-corrected chi connectivity index (χ0v) is 12.7. The van der Waals surface area contributed by atoms with Gasteiger partial charge in [0.2, 0.25) is 0 Å². The third-order valence-corrected chi connectivity index (χ3v) is 3.27. The largest absolute Gasteiger partial charge is 0.497 e. The molecule has 2 atom stereocenters. The fraction of sp³-hybridized carbons (Fsp3) is 0.467. The molecule has 0 saturated carbocycles. The molecular formula is C15H21NO5. The zero-order chi connectivity index (χ0) is 16.0. The number of aliphatic carboxylic acids is 1. The third-order valence-electron chi connectivity index (χ3n) is 3.27. The molecule has 1 aromatic rings. The van der Waals surface area contributed by atoms with Gasteiger partial charge in [-0.05, 0) is 31.5 Å². The van der Waals surface area contributed by atoms with Crippen molar-refractivity contribution < 1.29 is 24.2 Å². The van der Waals surface area contributed by atoms with Crippen LogP contribution in [0.4, 0.5) is 0 Å². The first-order valence-electron chi connectivity index (χ1n) is 6.60. The van der Waals surface area contributed by atoms with Crippen LogP contribution in [0, 0.1) is 0 Å². The second-order valence-electron chi connectivity index (χ2n) is 4.77. The quantitative estimate of drug-likeness (QED) is 0.825. The van der Waals surface area contributed by atoms with Gasteiger partial charge in [0.1, 0.15) is 17.9 Å². The molecule has 0 fully saturated rings. The van der Waals surface area contributed by atoms with Gasteiger partial charge in [-0.1, -0.05) is 12.1 Å². The Labute approximate surface area is 124 Å². The van der Waals surface area contributed by atoms with E-state index in [0.29, 0.717) is 5.75 Å². The molecule has 1 amide bonds. The number of rotatable bonds is 7. The normalized spacial score (nSPS) is 13.3. The number of carbonyl (C=O) groups excluding carboxylic acids is 1. The van der Waals surface area contributed by atoms with Gasteiger partial charge in [0.05, 0.1) is 13.7 Å². The number of hydrogen-bond donors (Lipinski definition) is 1. The first kappa shape index (κ1) is 17.0. The number of carboxylic acid groups (broad SMARTS) is 1. The van der Waals surface area contributed by atoms with E-state index < -0.39 is 18.1 Å². The van der Waals surface area contributed by atoms with Crippen LogP contribution in [0.25, 0.3) is 0 Å². The van der Waals surface area contributed by atoms with Crippen molar-refractivity contribution in [2.75, 3.05) is 14.2 Å².